The van der Waals surface area contributed by atoms with Gasteiger partial charge in [0.15, 0.2) is 6.61 Å². The number of aromatic carboxylic acids is 1. The fourth-order valence-corrected chi connectivity index (χ4v) is 2.70. The quantitative estimate of drug-likeness (QED) is 0.818. The SMILES string of the molecule is Cc1cccc(OCCCN2C(=O)COc3cc(C(=O)O)ccc32)c1. The number of aryl methyl sites for hydroxylation is 1. The van der Waals surface area contributed by atoms with Crippen LogP contribution >= 0.6 is 0 Å². The molecule has 0 unspecified atom stereocenters. The summed E-state index contributed by atoms with van der Waals surface area (Å²) in [6.07, 6.45) is 0.653. The largest absolute Gasteiger partial charge is 0.494 e. The summed E-state index contributed by atoms with van der Waals surface area (Å²) in [4.78, 5) is 24.8. The fourth-order valence-electron chi connectivity index (χ4n) is 2.70. The molecule has 130 valence electrons. The second kappa shape index (κ2) is 7.25. The summed E-state index contributed by atoms with van der Waals surface area (Å²) in [6.45, 7) is 2.88. The summed E-state index contributed by atoms with van der Waals surface area (Å²) in [5.41, 5.74) is 1.86. The summed E-state index contributed by atoms with van der Waals surface area (Å²) in [6, 6.07) is 12.3. The van der Waals surface area contributed by atoms with Crippen molar-refractivity contribution in [2.75, 3.05) is 24.7 Å². The molecule has 0 spiro atoms. The van der Waals surface area contributed by atoms with Crippen molar-refractivity contribution in [3.05, 3.63) is 53.6 Å². The van der Waals surface area contributed by atoms with Crippen molar-refractivity contribution in [3.63, 3.8) is 0 Å². The summed E-state index contributed by atoms with van der Waals surface area (Å²) in [5, 5.41) is 9.05. The first-order chi connectivity index (χ1) is 12.0. The van der Waals surface area contributed by atoms with Crippen LogP contribution in [0.1, 0.15) is 22.3 Å². The van der Waals surface area contributed by atoms with Gasteiger partial charge in [-0.05, 0) is 49.2 Å². The van der Waals surface area contributed by atoms with E-state index in [1.165, 1.54) is 12.1 Å². The number of rotatable bonds is 6. The van der Waals surface area contributed by atoms with Crippen molar-refractivity contribution in [1.82, 2.24) is 0 Å². The lowest BCUT2D eigenvalue weighted by Gasteiger charge is -2.29. The lowest BCUT2D eigenvalue weighted by Crippen LogP contribution is -2.39. The molecular formula is C19H19NO5. The second-order valence-corrected chi connectivity index (χ2v) is 5.84. The molecule has 0 aliphatic carbocycles. The second-order valence-electron chi connectivity index (χ2n) is 5.84. The predicted molar refractivity (Wildman–Crippen MR) is 92.5 cm³/mol. The maximum atomic E-state index is 12.1. The third-order valence-electron chi connectivity index (χ3n) is 3.93. The minimum absolute atomic E-state index is 0.0885. The first-order valence-electron chi connectivity index (χ1n) is 8.04. The molecule has 6 nitrogen and oxygen atoms in total. The van der Waals surface area contributed by atoms with Crippen LogP contribution in [0.2, 0.25) is 0 Å². The number of amides is 1. The normalized spacial score (nSPS) is 13.2. The van der Waals surface area contributed by atoms with E-state index < -0.39 is 5.97 Å². The van der Waals surface area contributed by atoms with E-state index in [2.05, 4.69) is 0 Å². The molecule has 25 heavy (non-hydrogen) atoms. The van der Waals surface area contributed by atoms with Crippen LogP contribution in [0.25, 0.3) is 0 Å². The Kier molecular flexibility index (Phi) is 4.88. The molecule has 1 N–H and O–H groups in total. The molecule has 2 aromatic carbocycles. The van der Waals surface area contributed by atoms with Crippen molar-refractivity contribution in [2.24, 2.45) is 0 Å². The van der Waals surface area contributed by atoms with Crippen molar-refractivity contribution >= 4 is 17.6 Å². The van der Waals surface area contributed by atoms with Gasteiger partial charge in [0.25, 0.3) is 5.91 Å². The molecule has 1 amide bonds. The van der Waals surface area contributed by atoms with Gasteiger partial charge in [-0.3, -0.25) is 4.79 Å². The number of carboxylic acids is 1. The van der Waals surface area contributed by atoms with Gasteiger partial charge in [0.05, 0.1) is 17.9 Å². The van der Waals surface area contributed by atoms with Crippen LogP contribution in [-0.2, 0) is 4.79 Å². The number of ether oxygens (including phenoxy) is 2. The Morgan fingerprint density at radius 1 is 1.28 bits per heavy atom. The van der Waals surface area contributed by atoms with Gasteiger partial charge >= 0.3 is 5.97 Å². The predicted octanol–water partition coefficient (Wildman–Crippen LogP) is 2.89. The van der Waals surface area contributed by atoms with Gasteiger partial charge in [-0.15, -0.1) is 0 Å². The molecule has 0 saturated carbocycles. The van der Waals surface area contributed by atoms with E-state index in [0.717, 1.165) is 11.3 Å². The Morgan fingerprint density at radius 3 is 2.88 bits per heavy atom. The first kappa shape index (κ1) is 16.8. The Hall–Kier alpha value is -3.02. The lowest BCUT2D eigenvalue weighted by molar-refractivity contribution is -0.121. The lowest BCUT2D eigenvalue weighted by atomic mass is 10.1. The van der Waals surface area contributed by atoms with E-state index in [4.69, 9.17) is 14.6 Å². The van der Waals surface area contributed by atoms with Crippen LogP contribution in [0, 0.1) is 6.92 Å². The van der Waals surface area contributed by atoms with Crippen molar-refractivity contribution in [2.45, 2.75) is 13.3 Å². The van der Waals surface area contributed by atoms with Crippen molar-refractivity contribution < 1.29 is 24.2 Å². The highest BCUT2D eigenvalue weighted by Crippen LogP contribution is 2.33. The molecule has 2 aromatic rings. The molecule has 1 aliphatic rings. The topological polar surface area (TPSA) is 76.1 Å². The Labute approximate surface area is 145 Å². The third kappa shape index (κ3) is 3.91. The van der Waals surface area contributed by atoms with E-state index >= 15 is 0 Å². The fraction of sp³-hybridized carbons (Fsp3) is 0.263. The number of hydrogen-bond donors (Lipinski definition) is 1. The molecule has 0 fully saturated rings. The van der Waals surface area contributed by atoms with Crippen LogP contribution in [0.3, 0.4) is 0 Å². The van der Waals surface area contributed by atoms with Gasteiger partial charge in [0.1, 0.15) is 11.5 Å². The molecule has 3 rings (SSSR count). The number of carbonyl (C=O) groups excluding carboxylic acids is 1. The van der Waals surface area contributed by atoms with Gasteiger partial charge in [-0.1, -0.05) is 12.1 Å². The van der Waals surface area contributed by atoms with Crippen molar-refractivity contribution in [3.8, 4) is 11.5 Å². The number of benzene rings is 2. The smallest absolute Gasteiger partial charge is 0.335 e. The van der Waals surface area contributed by atoms with Crippen LogP contribution < -0.4 is 14.4 Å². The van der Waals surface area contributed by atoms with E-state index in [1.54, 1.807) is 11.0 Å². The molecular weight excluding hydrogens is 322 g/mol. The summed E-state index contributed by atoms with van der Waals surface area (Å²) < 4.78 is 11.1. The zero-order chi connectivity index (χ0) is 17.8. The molecule has 0 atom stereocenters. The van der Waals surface area contributed by atoms with Gasteiger partial charge in [0.2, 0.25) is 0 Å². The van der Waals surface area contributed by atoms with Gasteiger partial charge in [-0.25, -0.2) is 4.79 Å². The maximum absolute atomic E-state index is 12.1. The molecule has 0 saturated heterocycles. The van der Waals surface area contributed by atoms with Crippen LogP contribution in [0.5, 0.6) is 11.5 Å². The van der Waals surface area contributed by atoms with E-state index in [0.29, 0.717) is 31.0 Å². The third-order valence-corrected chi connectivity index (χ3v) is 3.93. The van der Waals surface area contributed by atoms with Crippen LogP contribution in [0.4, 0.5) is 5.69 Å². The minimum atomic E-state index is -1.03. The Morgan fingerprint density at radius 2 is 2.12 bits per heavy atom. The molecule has 6 heteroatoms. The molecule has 1 aliphatic heterocycles. The highest BCUT2D eigenvalue weighted by molar-refractivity contribution is 5.99. The molecule has 0 aromatic heterocycles. The van der Waals surface area contributed by atoms with Crippen LogP contribution in [0.15, 0.2) is 42.5 Å². The number of hydrogen-bond acceptors (Lipinski definition) is 4. The monoisotopic (exact) mass is 341 g/mol. The number of carbonyl (C=O) groups is 2. The summed E-state index contributed by atoms with van der Waals surface area (Å²) >= 11 is 0. The van der Waals surface area contributed by atoms with E-state index in [1.807, 2.05) is 31.2 Å². The van der Waals surface area contributed by atoms with Gasteiger partial charge < -0.3 is 19.5 Å². The molecule has 0 bridgehead atoms. The Balaban J connectivity index is 1.62. The zero-order valence-electron chi connectivity index (χ0n) is 13.9. The Bertz CT molecular complexity index is 802. The highest BCUT2D eigenvalue weighted by Gasteiger charge is 2.26. The van der Waals surface area contributed by atoms with Gasteiger partial charge in [0, 0.05) is 6.54 Å². The highest BCUT2D eigenvalue weighted by atomic mass is 16.5. The minimum Gasteiger partial charge on any atom is -0.494 e. The number of anilines is 1. The molecule has 1 heterocycles. The standard InChI is InChI=1S/C19H19NO5/c1-13-4-2-5-15(10-13)24-9-3-8-20-16-7-6-14(19(22)23)11-17(16)25-12-18(20)21/h2,4-7,10-11H,3,8-9,12H2,1H3,(H,22,23). The maximum Gasteiger partial charge on any atom is 0.335 e. The first-order valence-corrected chi connectivity index (χ1v) is 8.04. The number of nitrogens with zero attached hydrogens (tertiary/aromatic N) is 1. The summed E-state index contributed by atoms with van der Waals surface area (Å²) in [7, 11) is 0. The van der Waals surface area contributed by atoms with Crippen molar-refractivity contribution in [1.29, 1.82) is 0 Å². The number of fused-ring (bicyclic) bond motifs is 1. The number of carboxylic acid groups (broad SMARTS) is 1. The zero-order valence-corrected chi connectivity index (χ0v) is 13.9. The van der Waals surface area contributed by atoms with Crippen LogP contribution in [-0.4, -0.2) is 36.7 Å². The van der Waals surface area contributed by atoms with E-state index in [9.17, 15) is 9.59 Å². The summed E-state index contributed by atoms with van der Waals surface area (Å²) in [5.74, 6) is 0.0476. The van der Waals surface area contributed by atoms with Gasteiger partial charge in [-0.2, -0.15) is 0 Å². The average Bonchev–Trinajstić information content (AvgIpc) is 2.59. The average molecular weight is 341 g/mol. The van der Waals surface area contributed by atoms with E-state index in [-0.39, 0.29) is 18.1 Å². The molecule has 0 radical (unpaired) electrons.